The maximum absolute atomic E-state index is 12.3. The molecule has 0 aliphatic heterocycles. The summed E-state index contributed by atoms with van der Waals surface area (Å²) < 4.78 is 0. The van der Waals surface area contributed by atoms with Gasteiger partial charge in [0.15, 0.2) is 5.78 Å². The Balaban J connectivity index is 2.71. The molecule has 0 bridgehead atoms. The van der Waals surface area contributed by atoms with Crippen molar-refractivity contribution in [2.45, 2.75) is 52.9 Å². The number of Topliss-reactive ketones (excluding diaryl/α,β-unsaturated/α-hetero) is 1. The molecule has 0 spiro atoms. The van der Waals surface area contributed by atoms with Crippen LogP contribution in [0.5, 0.6) is 0 Å². The van der Waals surface area contributed by atoms with E-state index in [1.54, 1.807) is 0 Å². The lowest BCUT2D eigenvalue weighted by Gasteiger charge is -2.14. The molecular weight excluding hydrogens is 222 g/mol. The van der Waals surface area contributed by atoms with Crippen LogP contribution in [0.25, 0.3) is 0 Å². The molecule has 1 rings (SSSR count). The third kappa shape index (κ3) is 4.17. The summed E-state index contributed by atoms with van der Waals surface area (Å²) in [5.74, 6) is 0.691. The normalized spacial score (nSPS) is 12.4. The van der Waals surface area contributed by atoms with Crippen LogP contribution in [0.15, 0.2) is 18.2 Å². The molecule has 2 heteroatoms. The number of rotatable bonds is 7. The van der Waals surface area contributed by atoms with E-state index in [4.69, 9.17) is 5.73 Å². The van der Waals surface area contributed by atoms with Gasteiger partial charge in [0.05, 0.1) is 0 Å². The molecular formula is C16H25NO. The summed E-state index contributed by atoms with van der Waals surface area (Å²) in [6.07, 6.45) is 5.23. The molecule has 2 N–H and O–H groups in total. The van der Waals surface area contributed by atoms with Crippen molar-refractivity contribution in [3.8, 4) is 0 Å². The van der Waals surface area contributed by atoms with E-state index < -0.39 is 0 Å². The second-order valence-corrected chi connectivity index (χ2v) is 5.13. The van der Waals surface area contributed by atoms with Gasteiger partial charge in [-0.05, 0) is 25.0 Å². The van der Waals surface area contributed by atoms with Crippen LogP contribution in [0, 0.1) is 12.8 Å². The monoisotopic (exact) mass is 247 g/mol. The van der Waals surface area contributed by atoms with Crippen LogP contribution in [0.3, 0.4) is 0 Å². The summed E-state index contributed by atoms with van der Waals surface area (Å²) in [4.78, 5) is 12.3. The van der Waals surface area contributed by atoms with Gasteiger partial charge >= 0.3 is 0 Å². The number of nitrogens with two attached hydrogens (primary N) is 1. The van der Waals surface area contributed by atoms with Crippen molar-refractivity contribution < 1.29 is 4.79 Å². The maximum atomic E-state index is 12.3. The minimum atomic E-state index is 0.194. The van der Waals surface area contributed by atoms with Crippen molar-refractivity contribution in [2.24, 2.45) is 5.92 Å². The molecule has 0 aliphatic carbocycles. The molecule has 18 heavy (non-hydrogen) atoms. The molecule has 0 aliphatic rings. The number of anilines is 1. The quantitative estimate of drug-likeness (QED) is 0.574. The molecule has 0 amide bonds. The third-order valence-corrected chi connectivity index (χ3v) is 3.53. The highest BCUT2D eigenvalue weighted by Gasteiger charge is 2.15. The predicted octanol–water partition coefficient (Wildman–Crippen LogP) is 4.37. The largest absolute Gasteiger partial charge is 0.398 e. The summed E-state index contributed by atoms with van der Waals surface area (Å²) in [5.41, 5.74) is 8.29. The molecule has 100 valence electrons. The number of unbranched alkanes of at least 4 members (excludes halogenated alkanes) is 1. The Bertz CT molecular complexity index is 398. The van der Waals surface area contributed by atoms with Crippen LogP contribution in [-0.4, -0.2) is 5.78 Å². The summed E-state index contributed by atoms with van der Waals surface area (Å²) in [6, 6.07) is 5.68. The Labute approximate surface area is 111 Å². The zero-order valence-corrected chi connectivity index (χ0v) is 11.8. The summed E-state index contributed by atoms with van der Waals surface area (Å²) in [5, 5.41) is 0. The summed E-state index contributed by atoms with van der Waals surface area (Å²) in [7, 11) is 0. The average molecular weight is 247 g/mol. The maximum Gasteiger partial charge on any atom is 0.165 e. The molecule has 0 fully saturated rings. The van der Waals surface area contributed by atoms with Crippen molar-refractivity contribution in [3.05, 3.63) is 29.3 Å². The van der Waals surface area contributed by atoms with E-state index in [2.05, 4.69) is 13.8 Å². The number of benzene rings is 1. The molecule has 1 unspecified atom stereocenters. The van der Waals surface area contributed by atoms with Gasteiger partial charge in [-0.3, -0.25) is 4.79 Å². The van der Waals surface area contributed by atoms with Gasteiger partial charge in [0.25, 0.3) is 0 Å². The number of ketones is 1. The van der Waals surface area contributed by atoms with Gasteiger partial charge in [0.2, 0.25) is 0 Å². The first-order chi connectivity index (χ1) is 8.58. The Morgan fingerprint density at radius 3 is 2.67 bits per heavy atom. The first-order valence-corrected chi connectivity index (χ1v) is 6.97. The second-order valence-electron chi connectivity index (χ2n) is 5.13. The van der Waals surface area contributed by atoms with Crippen LogP contribution in [0.2, 0.25) is 0 Å². The van der Waals surface area contributed by atoms with Gasteiger partial charge in [-0.15, -0.1) is 0 Å². The van der Waals surface area contributed by atoms with Crippen molar-refractivity contribution in [2.75, 3.05) is 5.73 Å². The zero-order valence-electron chi connectivity index (χ0n) is 11.8. The first kappa shape index (κ1) is 14.7. The lowest BCUT2D eigenvalue weighted by Crippen LogP contribution is -2.10. The highest BCUT2D eigenvalue weighted by Crippen LogP contribution is 2.22. The topological polar surface area (TPSA) is 43.1 Å². The number of hydrogen-bond donors (Lipinski definition) is 1. The van der Waals surface area contributed by atoms with Crippen molar-refractivity contribution in [1.82, 2.24) is 0 Å². The Kier molecular flexibility index (Phi) is 5.90. The van der Waals surface area contributed by atoms with Gasteiger partial charge < -0.3 is 5.73 Å². The molecule has 2 nitrogen and oxygen atoms in total. The summed E-state index contributed by atoms with van der Waals surface area (Å²) >= 11 is 0. The molecule has 0 radical (unpaired) electrons. The lowest BCUT2D eigenvalue weighted by atomic mass is 9.91. The molecule has 0 aromatic heterocycles. The van der Waals surface area contributed by atoms with Crippen molar-refractivity contribution in [3.63, 3.8) is 0 Å². The molecule has 0 saturated carbocycles. The molecule has 1 atom stereocenters. The smallest absolute Gasteiger partial charge is 0.165 e. The fraction of sp³-hybridized carbons (Fsp3) is 0.562. The number of carbonyl (C=O) groups is 1. The van der Waals surface area contributed by atoms with E-state index in [1.807, 2.05) is 25.1 Å². The van der Waals surface area contributed by atoms with Crippen LogP contribution < -0.4 is 5.73 Å². The van der Waals surface area contributed by atoms with E-state index in [0.29, 0.717) is 23.6 Å². The molecule has 0 heterocycles. The number of aryl methyl sites for hydroxylation is 1. The van der Waals surface area contributed by atoms with E-state index >= 15 is 0 Å². The third-order valence-electron chi connectivity index (χ3n) is 3.53. The Morgan fingerprint density at radius 2 is 2.06 bits per heavy atom. The number of nitrogen functional groups attached to an aromatic ring is 1. The standard InChI is InChI=1S/C16H25NO/c1-4-6-7-13(5-2)11-16(18)14-10-12(3)8-9-15(14)17/h8-10,13H,4-7,11,17H2,1-3H3. The molecule has 1 aromatic rings. The van der Waals surface area contributed by atoms with Crippen molar-refractivity contribution in [1.29, 1.82) is 0 Å². The van der Waals surface area contributed by atoms with E-state index in [-0.39, 0.29) is 5.78 Å². The van der Waals surface area contributed by atoms with Crippen LogP contribution in [-0.2, 0) is 0 Å². The molecule has 1 aromatic carbocycles. The number of carbonyl (C=O) groups excluding carboxylic acids is 1. The highest BCUT2D eigenvalue weighted by atomic mass is 16.1. The SMILES string of the molecule is CCCCC(CC)CC(=O)c1cc(C)ccc1N. The fourth-order valence-electron chi connectivity index (χ4n) is 2.23. The first-order valence-electron chi connectivity index (χ1n) is 6.97. The molecule has 0 saturated heterocycles. The fourth-order valence-corrected chi connectivity index (χ4v) is 2.23. The highest BCUT2D eigenvalue weighted by molar-refractivity contribution is 6.01. The number of hydrogen-bond acceptors (Lipinski definition) is 2. The second kappa shape index (κ2) is 7.20. The van der Waals surface area contributed by atoms with Gasteiger partial charge in [-0.2, -0.15) is 0 Å². The van der Waals surface area contributed by atoms with Gasteiger partial charge in [0.1, 0.15) is 0 Å². The minimum absolute atomic E-state index is 0.194. The van der Waals surface area contributed by atoms with Gasteiger partial charge in [0, 0.05) is 17.7 Å². The Morgan fingerprint density at radius 1 is 1.33 bits per heavy atom. The van der Waals surface area contributed by atoms with E-state index in [9.17, 15) is 4.79 Å². The Hall–Kier alpha value is -1.31. The van der Waals surface area contributed by atoms with E-state index in [1.165, 1.54) is 12.8 Å². The predicted molar refractivity (Wildman–Crippen MR) is 77.8 cm³/mol. The van der Waals surface area contributed by atoms with Gasteiger partial charge in [-0.25, -0.2) is 0 Å². The summed E-state index contributed by atoms with van der Waals surface area (Å²) in [6.45, 7) is 6.34. The average Bonchev–Trinajstić information content (AvgIpc) is 2.37. The van der Waals surface area contributed by atoms with Crippen LogP contribution >= 0.6 is 0 Å². The van der Waals surface area contributed by atoms with E-state index in [0.717, 1.165) is 18.4 Å². The van der Waals surface area contributed by atoms with Crippen molar-refractivity contribution >= 4 is 11.5 Å². The van der Waals surface area contributed by atoms with Gasteiger partial charge in [-0.1, -0.05) is 51.2 Å². The minimum Gasteiger partial charge on any atom is -0.398 e. The van der Waals surface area contributed by atoms with Crippen LogP contribution in [0.1, 0.15) is 61.9 Å². The zero-order chi connectivity index (χ0) is 13.5. The van der Waals surface area contributed by atoms with Crippen LogP contribution in [0.4, 0.5) is 5.69 Å². The lowest BCUT2D eigenvalue weighted by molar-refractivity contribution is 0.0958.